The fourth-order valence-electron chi connectivity index (χ4n) is 2.91. The number of hydrogen-bond acceptors (Lipinski definition) is 8. The number of amides is 1. The second kappa shape index (κ2) is 9.20. The van der Waals surface area contributed by atoms with Crippen molar-refractivity contribution in [2.75, 3.05) is 25.6 Å². The number of anilines is 1. The van der Waals surface area contributed by atoms with Gasteiger partial charge in [-0.25, -0.2) is 8.42 Å². The third-order valence-corrected chi connectivity index (χ3v) is 6.40. The van der Waals surface area contributed by atoms with E-state index in [-0.39, 0.29) is 34.7 Å². The van der Waals surface area contributed by atoms with Gasteiger partial charge in [0, 0.05) is 19.2 Å². The molecule has 1 N–H and O–H groups in total. The molecule has 0 saturated heterocycles. The van der Waals surface area contributed by atoms with Gasteiger partial charge in [-0.15, -0.1) is 5.10 Å². The van der Waals surface area contributed by atoms with E-state index in [2.05, 4.69) is 15.5 Å². The standard InChI is InChI=1S/C21H20N4O6S/c1-25(13-15-5-3-2-4-6-15)32(27,28)17-9-7-16(8-10-17)19(26)22-21-24-23-20(31-21)18-14-29-11-12-30-18/h2-10,14H,11-13H2,1H3,(H,22,24,26). The Hall–Kier alpha value is -3.70. The van der Waals surface area contributed by atoms with E-state index in [0.29, 0.717) is 13.2 Å². The Morgan fingerprint density at radius 3 is 2.50 bits per heavy atom. The summed E-state index contributed by atoms with van der Waals surface area (Å²) in [6.45, 7) is 1.01. The van der Waals surface area contributed by atoms with E-state index in [1.54, 1.807) is 0 Å². The van der Waals surface area contributed by atoms with Crippen molar-refractivity contribution >= 4 is 27.7 Å². The van der Waals surface area contributed by atoms with Gasteiger partial charge in [-0.2, -0.15) is 4.31 Å². The molecule has 1 aliphatic rings. The molecule has 0 saturated carbocycles. The van der Waals surface area contributed by atoms with E-state index in [0.717, 1.165) is 5.56 Å². The normalized spacial score (nSPS) is 13.8. The van der Waals surface area contributed by atoms with Crippen molar-refractivity contribution < 1.29 is 27.1 Å². The molecule has 10 nitrogen and oxygen atoms in total. The highest BCUT2D eigenvalue weighted by molar-refractivity contribution is 7.89. The molecule has 32 heavy (non-hydrogen) atoms. The van der Waals surface area contributed by atoms with Gasteiger partial charge in [0.1, 0.15) is 19.5 Å². The predicted octanol–water partition coefficient (Wildman–Crippen LogP) is 2.49. The number of sulfonamides is 1. The van der Waals surface area contributed by atoms with Crippen molar-refractivity contribution in [2.24, 2.45) is 0 Å². The maximum Gasteiger partial charge on any atom is 0.322 e. The van der Waals surface area contributed by atoms with E-state index in [9.17, 15) is 13.2 Å². The summed E-state index contributed by atoms with van der Waals surface area (Å²) >= 11 is 0. The minimum Gasteiger partial charge on any atom is -0.494 e. The number of nitrogens with zero attached hydrogens (tertiary/aromatic N) is 3. The minimum atomic E-state index is -3.72. The lowest BCUT2D eigenvalue weighted by Gasteiger charge is -2.17. The van der Waals surface area contributed by atoms with Gasteiger partial charge in [-0.05, 0) is 29.8 Å². The smallest absolute Gasteiger partial charge is 0.322 e. The molecule has 3 aromatic rings. The van der Waals surface area contributed by atoms with Crippen molar-refractivity contribution in [3.63, 3.8) is 0 Å². The van der Waals surface area contributed by atoms with E-state index in [1.807, 2.05) is 30.3 Å². The second-order valence-corrected chi connectivity index (χ2v) is 8.88. The van der Waals surface area contributed by atoms with Crippen LogP contribution in [0.2, 0.25) is 0 Å². The molecular formula is C21H20N4O6S. The summed E-state index contributed by atoms with van der Waals surface area (Å²) in [6, 6.07) is 14.7. The zero-order valence-corrected chi connectivity index (χ0v) is 17.9. The molecule has 0 unspecified atom stereocenters. The molecule has 0 bridgehead atoms. The summed E-state index contributed by atoms with van der Waals surface area (Å²) in [6.07, 6.45) is 1.36. The Kier molecular flexibility index (Phi) is 6.19. The third-order valence-electron chi connectivity index (χ3n) is 4.58. The molecule has 166 valence electrons. The SMILES string of the molecule is CN(Cc1ccccc1)S(=O)(=O)c1ccc(C(=O)Nc2nnc(C3=COCCO3)o2)cc1. The minimum absolute atomic E-state index is 0.0721. The van der Waals surface area contributed by atoms with Crippen LogP contribution < -0.4 is 5.32 Å². The average Bonchev–Trinajstić information content (AvgIpc) is 3.29. The number of carbonyl (C=O) groups excluding carboxylic acids is 1. The van der Waals surface area contributed by atoms with Crippen LogP contribution in [0.4, 0.5) is 6.01 Å². The number of rotatable bonds is 7. The molecule has 11 heteroatoms. The Morgan fingerprint density at radius 2 is 1.81 bits per heavy atom. The van der Waals surface area contributed by atoms with Crippen molar-refractivity contribution in [3.05, 3.63) is 77.9 Å². The lowest BCUT2D eigenvalue weighted by molar-refractivity contribution is 0.102. The van der Waals surface area contributed by atoms with Gasteiger partial charge in [-0.1, -0.05) is 35.4 Å². The summed E-state index contributed by atoms with van der Waals surface area (Å²) in [5, 5.41) is 10.0. The number of nitrogens with one attached hydrogen (secondary N) is 1. The molecule has 2 aromatic carbocycles. The van der Waals surface area contributed by atoms with E-state index in [4.69, 9.17) is 13.9 Å². The summed E-state index contributed by atoms with van der Waals surface area (Å²) in [5.41, 5.74) is 1.10. The van der Waals surface area contributed by atoms with Gasteiger partial charge in [-0.3, -0.25) is 10.1 Å². The quantitative estimate of drug-likeness (QED) is 0.575. The number of benzene rings is 2. The molecule has 4 rings (SSSR count). The summed E-state index contributed by atoms with van der Waals surface area (Å²) in [5.74, 6) is -0.182. The molecular weight excluding hydrogens is 436 g/mol. The van der Waals surface area contributed by atoms with Crippen LogP contribution >= 0.6 is 0 Å². The highest BCUT2D eigenvalue weighted by Gasteiger charge is 2.22. The van der Waals surface area contributed by atoms with Crippen LogP contribution in [0.25, 0.3) is 5.76 Å². The van der Waals surface area contributed by atoms with Gasteiger partial charge >= 0.3 is 6.01 Å². The van der Waals surface area contributed by atoms with Crippen molar-refractivity contribution in [3.8, 4) is 0 Å². The largest absolute Gasteiger partial charge is 0.494 e. The second-order valence-electron chi connectivity index (χ2n) is 6.84. The van der Waals surface area contributed by atoms with Crippen LogP contribution in [0.15, 0.2) is 70.2 Å². The van der Waals surface area contributed by atoms with Crippen molar-refractivity contribution in [1.82, 2.24) is 14.5 Å². The highest BCUT2D eigenvalue weighted by atomic mass is 32.2. The first-order chi connectivity index (χ1) is 15.4. The monoisotopic (exact) mass is 456 g/mol. The Balaban J connectivity index is 1.42. The van der Waals surface area contributed by atoms with Crippen LogP contribution in [0.1, 0.15) is 21.8 Å². The summed E-state index contributed by atoms with van der Waals surface area (Å²) in [4.78, 5) is 12.5. The first kappa shape index (κ1) is 21.5. The Labute approximate surface area is 184 Å². The topological polar surface area (TPSA) is 124 Å². The molecule has 2 heterocycles. The maximum absolute atomic E-state index is 12.8. The third kappa shape index (κ3) is 4.79. The first-order valence-corrected chi connectivity index (χ1v) is 11.1. The van der Waals surface area contributed by atoms with Crippen LogP contribution in [0.5, 0.6) is 0 Å². The summed E-state index contributed by atoms with van der Waals surface area (Å²) in [7, 11) is -2.21. The average molecular weight is 456 g/mol. The van der Waals surface area contributed by atoms with E-state index >= 15 is 0 Å². The first-order valence-electron chi connectivity index (χ1n) is 9.63. The number of ether oxygens (including phenoxy) is 2. The fourth-order valence-corrected chi connectivity index (χ4v) is 4.07. The van der Waals surface area contributed by atoms with Crippen molar-refractivity contribution in [1.29, 1.82) is 0 Å². The highest BCUT2D eigenvalue weighted by Crippen LogP contribution is 2.21. The Morgan fingerprint density at radius 1 is 1.06 bits per heavy atom. The fraction of sp³-hybridized carbons (Fsp3) is 0.190. The molecule has 0 aliphatic carbocycles. The number of carbonyl (C=O) groups is 1. The van der Waals surface area contributed by atoms with E-state index < -0.39 is 15.9 Å². The molecule has 0 fully saturated rings. The van der Waals surface area contributed by atoms with Crippen LogP contribution in [0.3, 0.4) is 0 Å². The molecule has 0 spiro atoms. The molecule has 0 radical (unpaired) electrons. The van der Waals surface area contributed by atoms with Gasteiger partial charge in [0.2, 0.25) is 15.8 Å². The zero-order chi connectivity index (χ0) is 22.6. The van der Waals surface area contributed by atoms with Gasteiger partial charge < -0.3 is 13.9 Å². The van der Waals surface area contributed by atoms with E-state index in [1.165, 1.54) is 41.9 Å². The molecule has 1 aromatic heterocycles. The molecule has 1 aliphatic heterocycles. The zero-order valence-electron chi connectivity index (χ0n) is 17.1. The van der Waals surface area contributed by atoms with Crippen LogP contribution in [-0.2, 0) is 26.0 Å². The predicted molar refractivity (Wildman–Crippen MR) is 114 cm³/mol. The molecule has 1 amide bonds. The van der Waals surface area contributed by atoms with Gasteiger partial charge in [0.15, 0.2) is 0 Å². The lowest BCUT2D eigenvalue weighted by Crippen LogP contribution is -2.26. The lowest BCUT2D eigenvalue weighted by atomic mass is 10.2. The van der Waals surface area contributed by atoms with Crippen LogP contribution in [0, 0.1) is 0 Å². The van der Waals surface area contributed by atoms with Crippen LogP contribution in [-0.4, -0.2) is 49.1 Å². The van der Waals surface area contributed by atoms with Crippen molar-refractivity contribution in [2.45, 2.75) is 11.4 Å². The number of aromatic nitrogens is 2. The number of hydrogen-bond donors (Lipinski definition) is 1. The maximum atomic E-state index is 12.8. The Bertz CT molecular complexity index is 1220. The van der Waals surface area contributed by atoms with Gasteiger partial charge in [0.25, 0.3) is 11.8 Å². The molecule has 0 atom stereocenters. The summed E-state index contributed by atoms with van der Waals surface area (Å²) < 4.78 is 42.7. The van der Waals surface area contributed by atoms with Gasteiger partial charge in [0.05, 0.1) is 4.90 Å².